The fraction of sp³-hybridized carbons (Fsp3) is 0.278. The molecule has 0 unspecified atom stereocenters. The minimum absolute atomic E-state index is 0.449. The number of ether oxygens (including phenoxy) is 2. The molecule has 0 aliphatic rings. The van der Waals surface area contributed by atoms with Gasteiger partial charge in [0.15, 0.2) is 11.5 Å². The van der Waals surface area contributed by atoms with Crippen LogP contribution in [0.5, 0.6) is 11.5 Å². The van der Waals surface area contributed by atoms with Crippen molar-refractivity contribution in [2.24, 2.45) is 5.10 Å². The molecule has 2 aromatic rings. The summed E-state index contributed by atoms with van der Waals surface area (Å²) in [4.78, 5) is 0. The number of halogens is 2. The SMILES string of the molecule is CCOc1ccc(/C=N\NCc2c(Cl)cccc2Cl)cc1OCC. The van der Waals surface area contributed by atoms with Crippen molar-refractivity contribution in [1.29, 1.82) is 0 Å². The molecule has 1 N–H and O–H groups in total. The van der Waals surface area contributed by atoms with Crippen LogP contribution in [-0.4, -0.2) is 19.4 Å². The third-order valence-electron chi connectivity index (χ3n) is 3.19. The molecule has 0 aliphatic carbocycles. The summed E-state index contributed by atoms with van der Waals surface area (Å²) in [5, 5.41) is 5.44. The average molecular weight is 367 g/mol. The first kappa shape index (κ1) is 18.4. The van der Waals surface area contributed by atoms with Gasteiger partial charge in [0.2, 0.25) is 0 Å². The zero-order chi connectivity index (χ0) is 17.4. The molecule has 0 atom stereocenters. The summed E-state index contributed by atoms with van der Waals surface area (Å²) < 4.78 is 11.1. The van der Waals surface area contributed by atoms with Gasteiger partial charge in [-0.3, -0.25) is 0 Å². The molecule has 4 nitrogen and oxygen atoms in total. The van der Waals surface area contributed by atoms with Gasteiger partial charge in [-0.05, 0) is 49.7 Å². The highest BCUT2D eigenvalue weighted by Crippen LogP contribution is 2.28. The summed E-state index contributed by atoms with van der Waals surface area (Å²) in [5.74, 6) is 1.43. The number of benzene rings is 2. The van der Waals surface area contributed by atoms with E-state index in [1.165, 1.54) is 0 Å². The van der Waals surface area contributed by atoms with E-state index in [1.54, 1.807) is 18.3 Å². The summed E-state index contributed by atoms with van der Waals surface area (Å²) in [6, 6.07) is 11.1. The second kappa shape index (κ2) is 9.40. The monoisotopic (exact) mass is 366 g/mol. The zero-order valence-electron chi connectivity index (χ0n) is 13.7. The predicted octanol–water partition coefficient (Wildman–Crippen LogP) is 4.91. The molecule has 128 valence electrons. The van der Waals surface area contributed by atoms with Crippen LogP contribution in [0.4, 0.5) is 0 Å². The van der Waals surface area contributed by atoms with Gasteiger partial charge in [0.1, 0.15) is 0 Å². The van der Waals surface area contributed by atoms with E-state index in [4.69, 9.17) is 32.7 Å². The molecule has 0 spiro atoms. The molecule has 0 bridgehead atoms. The number of hydrazone groups is 1. The minimum Gasteiger partial charge on any atom is -0.490 e. The first-order valence-corrected chi connectivity index (χ1v) is 8.49. The molecule has 2 aromatic carbocycles. The summed E-state index contributed by atoms with van der Waals surface area (Å²) in [6.07, 6.45) is 1.71. The van der Waals surface area contributed by atoms with Crippen LogP contribution in [0, 0.1) is 0 Å². The van der Waals surface area contributed by atoms with Crippen molar-refractivity contribution in [3.63, 3.8) is 0 Å². The molecule has 0 aliphatic heterocycles. The van der Waals surface area contributed by atoms with Crippen molar-refractivity contribution in [3.05, 3.63) is 57.6 Å². The van der Waals surface area contributed by atoms with Gasteiger partial charge in [-0.15, -0.1) is 0 Å². The second-order valence-corrected chi connectivity index (χ2v) is 5.68. The number of rotatable bonds is 8. The highest BCUT2D eigenvalue weighted by Gasteiger charge is 2.06. The molecule has 0 aromatic heterocycles. The first-order chi connectivity index (χ1) is 11.7. The lowest BCUT2D eigenvalue weighted by atomic mass is 10.2. The van der Waals surface area contributed by atoms with Crippen LogP contribution in [0.1, 0.15) is 25.0 Å². The maximum Gasteiger partial charge on any atom is 0.161 e. The predicted molar refractivity (Wildman–Crippen MR) is 99.7 cm³/mol. The van der Waals surface area contributed by atoms with E-state index in [0.717, 1.165) is 16.9 Å². The van der Waals surface area contributed by atoms with Gasteiger partial charge >= 0.3 is 0 Å². The van der Waals surface area contributed by atoms with E-state index in [1.807, 2.05) is 38.1 Å². The number of nitrogens with one attached hydrogen (secondary N) is 1. The zero-order valence-corrected chi connectivity index (χ0v) is 15.2. The maximum absolute atomic E-state index is 6.12. The summed E-state index contributed by atoms with van der Waals surface area (Å²) in [7, 11) is 0. The Labute approximate surface area is 152 Å². The van der Waals surface area contributed by atoms with E-state index in [0.29, 0.717) is 35.6 Å². The van der Waals surface area contributed by atoms with E-state index < -0.39 is 0 Å². The molecule has 0 amide bonds. The number of hydrogen-bond donors (Lipinski definition) is 1. The summed E-state index contributed by atoms with van der Waals surface area (Å²) in [6.45, 7) is 5.49. The van der Waals surface area contributed by atoms with Gasteiger partial charge in [0, 0.05) is 15.6 Å². The van der Waals surface area contributed by atoms with Crippen molar-refractivity contribution in [2.45, 2.75) is 20.4 Å². The molecule has 0 heterocycles. The Hall–Kier alpha value is -1.91. The fourth-order valence-electron chi connectivity index (χ4n) is 2.09. The van der Waals surface area contributed by atoms with Crippen molar-refractivity contribution >= 4 is 29.4 Å². The Balaban J connectivity index is 2.02. The van der Waals surface area contributed by atoms with Crippen LogP contribution in [0.25, 0.3) is 0 Å². The minimum atomic E-state index is 0.449. The van der Waals surface area contributed by atoms with Crippen LogP contribution in [-0.2, 0) is 6.54 Å². The average Bonchev–Trinajstić information content (AvgIpc) is 2.56. The van der Waals surface area contributed by atoms with Gasteiger partial charge in [-0.1, -0.05) is 29.3 Å². The standard InChI is InChI=1S/C18H20Cl2N2O2/c1-3-23-17-9-8-13(10-18(17)24-4-2)11-21-22-12-14-15(19)6-5-7-16(14)20/h5-11,22H,3-4,12H2,1-2H3/b21-11-. The van der Waals surface area contributed by atoms with Crippen LogP contribution >= 0.6 is 23.2 Å². The molecular weight excluding hydrogens is 347 g/mol. The topological polar surface area (TPSA) is 42.8 Å². The number of nitrogens with zero attached hydrogens (tertiary/aromatic N) is 1. The molecule has 0 radical (unpaired) electrons. The van der Waals surface area contributed by atoms with Crippen molar-refractivity contribution in [3.8, 4) is 11.5 Å². The normalized spacial score (nSPS) is 10.8. The van der Waals surface area contributed by atoms with E-state index >= 15 is 0 Å². The Kier molecular flexibility index (Phi) is 7.22. The fourth-order valence-corrected chi connectivity index (χ4v) is 2.63. The van der Waals surface area contributed by atoms with E-state index in [2.05, 4.69) is 10.5 Å². The lowest BCUT2D eigenvalue weighted by Gasteiger charge is -2.11. The molecule has 0 saturated carbocycles. The molecule has 24 heavy (non-hydrogen) atoms. The Bertz CT molecular complexity index is 685. The molecule has 0 saturated heterocycles. The van der Waals surface area contributed by atoms with Crippen LogP contribution in [0.3, 0.4) is 0 Å². The first-order valence-electron chi connectivity index (χ1n) is 7.74. The van der Waals surface area contributed by atoms with E-state index in [9.17, 15) is 0 Å². The van der Waals surface area contributed by atoms with Crippen LogP contribution in [0.2, 0.25) is 10.0 Å². The van der Waals surface area contributed by atoms with Crippen LogP contribution < -0.4 is 14.9 Å². The summed E-state index contributed by atoms with van der Waals surface area (Å²) >= 11 is 12.2. The van der Waals surface area contributed by atoms with E-state index in [-0.39, 0.29) is 0 Å². The Morgan fingerprint density at radius 2 is 1.67 bits per heavy atom. The van der Waals surface area contributed by atoms with Gasteiger partial charge in [-0.25, -0.2) is 0 Å². The van der Waals surface area contributed by atoms with Crippen molar-refractivity contribution < 1.29 is 9.47 Å². The van der Waals surface area contributed by atoms with Gasteiger partial charge < -0.3 is 14.9 Å². The quantitative estimate of drug-likeness (QED) is 0.532. The largest absolute Gasteiger partial charge is 0.490 e. The molecule has 6 heteroatoms. The molecule has 0 fully saturated rings. The Morgan fingerprint density at radius 1 is 1.00 bits per heavy atom. The second-order valence-electron chi connectivity index (χ2n) is 4.87. The highest BCUT2D eigenvalue weighted by molar-refractivity contribution is 6.35. The Morgan fingerprint density at radius 3 is 2.33 bits per heavy atom. The van der Waals surface area contributed by atoms with Gasteiger partial charge in [-0.2, -0.15) is 5.10 Å². The smallest absolute Gasteiger partial charge is 0.161 e. The van der Waals surface area contributed by atoms with Gasteiger partial charge in [0.05, 0.1) is 26.0 Å². The molecular formula is C18H20Cl2N2O2. The third kappa shape index (κ3) is 5.05. The highest BCUT2D eigenvalue weighted by atomic mass is 35.5. The van der Waals surface area contributed by atoms with Gasteiger partial charge in [0.25, 0.3) is 0 Å². The van der Waals surface area contributed by atoms with Crippen molar-refractivity contribution in [2.75, 3.05) is 13.2 Å². The lowest BCUT2D eigenvalue weighted by Crippen LogP contribution is -2.07. The maximum atomic E-state index is 6.12. The lowest BCUT2D eigenvalue weighted by molar-refractivity contribution is 0.288. The summed E-state index contributed by atoms with van der Waals surface area (Å²) in [5.41, 5.74) is 4.67. The van der Waals surface area contributed by atoms with Crippen molar-refractivity contribution in [1.82, 2.24) is 5.43 Å². The number of hydrogen-bond acceptors (Lipinski definition) is 4. The third-order valence-corrected chi connectivity index (χ3v) is 3.90. The van der Waals surface area contributed by atoms with Crippen LogP contribution in [0.15, 0.2) is 41.5 Å². The molecule has 2 rings (SSSR count).